The monoisotopic (exact) mass is 278 g/mol. The van der Waals surface area contributed by atoms with Gasteiger partial charge >= 0.3 is 0 Å². The molecule has 0 amide bonds. The van der Waals surface area contributed by atoms with Crippen molar-refractivity contribution in [1.82, 2.24) is 0 Å². The molecule has 0 saturated heterocycles. The Kier molecular flexibility index (Phi) is 3.46. The highest BCUT2D eigenvalue weighted by atomic mass is 15.3. The van der Waals surface area contributed by atoms with Crippen molar-refractivity contribution in [3.05, 3.63) is 71.1 Å². The topological polar surface area (TPSA) is 6.48 Å². The first-order valence-electron chi connectivity index (χ1n) is 7.39. The first-order valence-corrected chi connectivity index (χ1v) is 7.39. The zero-order valence-electron chi connectivity index (χ0n) is 13.2. The number of hydrogen-bond donors (Lipinski definition) is 0. The van der Waals surface area contributed by atoms with Gasteiger partial charge in [-0.15, -0.1) is 0 Å². The molecular formula is C19H22N2. The fourth-order valence-corrected chi connectivity index (χ4v) is 2.99. The first kappa shape index (κ1) is 13.7. The predicted molar refractivity (Wildman–Crippen MR) is 90.8 cm³/mol. The van der Waals surface area contributed by atoms with Crippen molar-refractivity contribution >= 4 is 11.4 Å². The van der Waals surface area contributed by atoms with Crippen molar-refractivity contribution in [2.75, 3.05) is 16.5 Å². The van der Waals surface area contributed by atoms with E-state index in [9.17, 15) is 0 Å². The second kappa shape index (κ2) is 5.28. The summed E-state index contributed by atoms with van der Waals surface area (Å²) in [5.74, 6) is 0. The van der Waals surface area contributed by atoms with E-state index >= 15 is 0 Å². The molecule has 3 rings (SSSR count). The van der Waals surface area contributed by atoms with Gasteiger partial charge in [0, 0.05) is 23.8 Å². The summed E-state index contributed by atoms with van der Waals surface area (Å²) < 4.78 is 0. The number of aryl methyl sites for hydroxylation is 4. The molecule has 1 aliphatic heterocycles. The van der Waals surface area contributed by atoms with Gasteiger partial charge in [0.2, 0.25) is 0 Å². The lowest BCUT2D eigenvalue weighted by molar-refractivity contribution is 0.971. The summed E-state index contributed by atoms with van der Waals surface area (Å²) in [5.41, 5.74) is 7.75. The fraction of sp³-hybridized carbons (Fsp3) is 0.263. The SMILES string of the molecule is Cc1cc(C)cc(N2C=CN(c3cc(C)cc(C)c3)C2)c1. The van der Waals surface area contributed by atoms with E-state index in [1.165, 1.54) is 33.6 Å². The minimum Gasteiger partial charge on any atom is -0.328 e. The molecule has 21 heavy (non-hydrogen) atoms. The van der Waals surface area contributed by atoms with Crippen LogP contribution in [0.4, 0.5) is 11.4 Å². The molecule has 0 atom stereocenters. The van der Waals surface area contributed by atoms with Gasteiger partial charge < -0.3 is 9.80 Å². The van der Waals surface area contributed by atoms with Crippen LogP contribution in [0.2, 0.25) is 0 Å². The molecule has 2 aromatic rings. The normalized spacial score (nSPS) is 14.1. The Bertz CT molecular complexity index is 601. The molecule has 0 N–H and O–H groups in total. The summed E-state index contributed by atoms with van der Waals surface area (Å²) in [5, 5.41) is 0. The maximum Gasteiger partial charge on any atom is 0.0989 e. The Hall–Kier alpha value is -2.22. The third kappa shape index (κ3) is 2.94. The van der Waals surface area contributed by atoms with Gasteiger partial charge in [-0.25, -0.2) is 0 Å². The van der Waals surface area contributed by atoms with Crippen LogP contribution >= 0.6 is 0 Å². The quantitative estimate of drug-likeness (QED) is 0.787. The number of benzene rings is 2. The molecule has 1 aliphatic rings. The van der Waals surface area contributed by atoms with Crippen molar-refractivity contribution in [1.29, 1.82) is 0 Å². The molecule has 108 valence electrons. The first-order chi connectivity index (χ1) is 10.0. The second-order valence-corrected chi connectivity index (χ2v) is 6.07. The summed E-state index contributed by atoms with van der Waals surface area (Å²) in [6.07, 6.45) is 4.32. The highest BCUT2D eigenvalue weighted by Gasteiger charge is 2.16. The molecule has 0 spiro atoms. The molecule has 0 saturated carbocycles. The highest BCUT2D eigenvalue weighted by Crippen LogP contribution is 2.27. The number of hydrogen-bond acceptors (Lipinski definition) is 2. The van der Waals surface area contributed by atoms with Gasteiger partial charge in [-0.2, -0.15) is 0 Å². The van der Waals surface area contributed by atoms with Crippen molar-refractivity contribution < 1.29 is 0 Å². The second-order valence-electron chi connectivity index (χ2n) is 6.07. The summed E-state index contributed by atoms with van der Waals surface area (Å²) >= 11 is 0. The maximum absolute atomic E-state index is 2.29. The average molecular weight is 278 g/mol. The van der Waals surface area contributed by atoms with Crippen LogP contribution in [-0.2, 0) is 0 Å². The van der Waals surface area contributed by atoms with E-state index < -0.39 is 0 Å². The van der Waals surface area contributed by atoms with Crippen LogP contribution in [0.15, 0.2) is 48.8 Å². The Labute approximate surface area is 127 Å². The zero-order valence-corrected chi connectivity index (χ0v) is 13.2. The third-order valence-electron chi connectivity index (χ3n) is 3.81. The van der Waals surface area contributed by atoms with E-state index in [2.05, 4.69) is 86.3 Å². The van der Waals surface area contributed by atoms with E-state index in [1.807, 2.05) is 0 Å². The highest BCUT2D eigenvalue weighted by molar-refractivity contribution is 5.61. The largest absolute Gasteiger partial charge is 0.328 e. The van der Waals surface area contributed by atoms with Gasteiger partial charge in [0.25, 0.3) is 0 Å². The van der Waals surface area contributed by atoms with Gasteiger partial charge in [0.1, 0.15) is 0 Å². The van der Waals surface area contributed by atoms with Crippen LogP contribution in [0, 0.1) is 27.7 Å². The average Bonchev–Trinajstić information content (AvgIpc) is 2.85. The van der Waals surface area contributed by atoms with Crippen LogP contribution < -0.4 is 9.80 Å². The molecule has 2 aromatic carbocycles. The summed E-state index contributed by atoms with van der Waals surface area (Å²) in [4.78, 5) is 4.58. The van der Waals surface area contributed by atoms with Crippen LogP contribution in [-0.4, -0.2) is 6.67 Å². The molecule has 0 aliphatic carbocycles. The Morgan fingerprint density at radius 2 is 0.905 bits per heavy atom. The summed E-state index contributed by atoms with van der Waals surface area (Å²) in [7, 11) is 0. The van der Waals surface area contributed by atoms with Gasteiger partial charge in [0.15, 0.2) is 0 Å². The lowest BCUT2D eigenvalue weighted by atomic mass is 10.1. The molecule has 0 fully saturated rings. The number of anilines is 2. The smallest absolute Gasteiger partial charge is 0.0989 e. The Morgan fingerprint density at radius 3 is 1.24 bits per heavy atom. The maximum atomic E-state index is 2.29. The molecule has 1 heterocycles. The lowest BCUT2D eigenvalue weighted by Crippen LogP contribution is -2.24. The van der Waals surface area contributed by atoms with Crippen LogP contribution in [0.1, 0.15) is 22.3 Å². The van der Waals surface area contributed by atoms with E-state index in [4.69, 9.17) is 0 Å². The Morgan fingerprint density at radius 1 is 0.571 bits per heavy atom. The third-order valence-corrected chi connectivity index (χ3v) is 3.81. The van der Waals surface area contributed by atoms with Crippen molar-refractivity contribution in [2.24, 2.45) is 0 Å². The number of nitrogens with zero attached hydrogens (tertiary/aromatic N) is 2. The van der Waals surface area contributed by atoms with Crippen molar-refractivity contribution in [3.8, 4) is 0 Å². The summed E-state index contributed by atoms with van der Waals surface area (Å²) in [6, 6.07) is 13.4. The molecule has 0 radical (unpaired) electrons. The van der Waals surface area contributed by atoms with Crippen molar-refractivity contribution in [2.45, 2.75) is 27.7 Å². The van der Waals surface area contributed by atoms with E-state index in [1.54, 1.807) is 0 Å². The van der Waals surface area contributed by atoms with Gasteiger partial charge in [0.05, 0.1) is 6.67 Å². The van der Waals surface area contributed by atoms with E-state index in [0.29, 0.717) is 0 Å². The number of rotatable bonds is 2. The molecule has 2 heteroatoms. The van der Waals surface area contributed by atoms with E-state index in [0.717, 1.165) is 6.67 Å². The Balaban J connectivity index is 1.84. The minimum absolute atomic E-state index is 0.867. The van der Waals surface area contributed by atoms with Crippen molar-refractivity contribution in [3.63, 3.8) is 0 Å². The van der Waals surface area contributed by atoms with Crippen LogP contribution in [0.3, 0.4) is 0 Å². The lowest BCUT2D eigenvalue weighted by Gasteiger charge is -2.22. The van der Waals surface area contributed by atoms with Crippen LogP contribution in [0.25, 0.3) is 0 Å². The fourth-order valence-electron chi connectivity index (χ4n) is 2.99. The van der Waals surface area contributed by atoms with E-state index in [-0.39, 0.29) is 0 Å². The molecule has 0 aromatic heterocycles. The molecule has 0 bridgehead atoms. The molecular weight excluding hydrogens is 256 g/mol. The van der Waals surface area contributed by atoms with Crippen LogP contribution in [0.5, 0.6) is 0 Å². The predicted octanol–water partition coefficient (Wildman–Crippen LogP) is 4.68. The molecule has 2 nitrogen and oxygen atoms in total. The van der Waals surface area contributed by atoms with Gasteiger partial charge in [-0.3, -0.25) is 0 Å². The molecule has 0 unspecified atom stereocenters. The minimum atomic E-state index is 0.867. The zero-order chi connectivity index (χ0) is 15.0. The standard InChI is InChI=1S/C19H22N2/c1-14-7-15(2)10-18(9-14)20-5-6-21(13-20)19-11-16(3)8-17(4)12-19/h5-12H,13H2,1-4H3. The van der Waals surface area contributed by atoms with Gasteiger partial charge in [-0.05, 0) is 74.2 Å². The summed E-state index contributed by atoms with van der Waals surface area (Å²) in [6.45, 7) is 9.47. The van der Waals surface area contributed by atoms with Gasteiger partial charge in [-0.1, -0.05) is 12.1 Å².